The average molecular weight is 497 g/mol. The van der Waals surface area contributed by atoms with Gasteiger partial charge in [0, 0.05) is 12.3 Å². The number of esters is 1. The second kappa shape index (κ2) is 8.46. The van der Waals surface area contributed by atoms with Crippen LogP contribution in [0.5, 0.6) is 5.88 Å². The molecule has 34 heavy (non-hydrogen) atoms. The monoisotopic (exact) mass is 497 g/mol. The highest BCUT2D eigenvalue weighted by Crippen LogP contribution is 2.70. The lowest BCUT2D eigenvalue weighted by Gasteiger charge is -2.45. The molecule has 180 valence electrons. The van der Waals surface area contributed by atoms with Gasteiger partial charge in [0.05, 0.1) is 26.7 Å². The fraction of sp³-hybridized carbons (Fsp3) is 0.550. The van der Waals surface area contributed by atoms with Gasteiger partial charge in [0.25, 0.3) is 0 Å². The van der Waals surface area contributed by atoms with Crippen LogP contribution in [-0.4, -0.2) is 70.8 Å². The Labute approximate surface area is 201 Å². The van der Waals surface area contributed by atoms with Crippen molar-refractivity contribution in [3.05, 3.63) is 35.1 Å². The first-order valence-electron chi connectivity index (χ1n) is 10.1. The molecule has 0 aromatic carbocycles. The molecule has 1 fully saturated rings. The molecule has 4 radical (unpaired) electrons. The van der Waals surface area contributed by atoms with Crippen LogP contribution in [0.3, 0.4) is 0 Å². The summed E-state index contributed by atoms with van der Waals surface area (Å²) in [7, 11) is 11.1. The van der Waals surface area contributed by atoms with E-state index in [1.807, 2.05) is 0 Å². The summed E-state index contributed by atoms with van der Waals surface area (Å²) in [5, 5.41) is 21.4. The standard InChI is InChI=1S/C20H21B2ClF3N3O5/c1-16(2,3)34-15(30)11-4-5-12(27-14(11)23)29-9-6-13(28-29)33-10-18(31,32)19(21,22)17(7-8-17)20(24,25)26/h4-6,9,31-32H,7-8,10H2,1-3H3. The number of carbonyl (C=O) groups is 1. The van der Waals surface area contributed by atoms with Crippen LogP contribution in [0.1, 0.15) is 44.0 Å². The van der Waals surface area contributed by atoms with E-state index in [2.05, 4.69) is 10.1 Å². The van der Waals surface area contributed by atoms with E-state index in [1.54, 1.807) is 20.8 Å². The normalized spacial score (nSPS) is 16.3. The predicted octanol–water partition coefficient (Wildman–Crippen LogP) is 2.73. The van der Waals surface area contributed by atoms with E-state index in [0.717, 1.165) is 0 Å². The zero-order valence-electron chi connectivity index (χ0n) is 18.6. The van der Waals surface area contributed by atoms with Crippen LogP contribution in [0.25, 0.3) is 5.82 Å². The Balaban J connectivity index is 1.71. The Kier molecular flexibility index (Phi) is 6.56. The molecule has 0 spiro atoms. The molecule has 1 aliphatic rings. The smallest absolute Gasteiger partial charge is 0.393 e. The van der Waals surface area contributed by atoms with E-state index in [-0.39, 0.29) is 22.4 Å². The Morgan fingerprint density at radius 2 is 1.82 bits per heavy atom. The molecule has 0 bridgehead atoms. The van der Waals surface area contributed by atoms with E-state index in [0.29, 0.717) is 0 Å². The molecule has 0 saturated heterocycles. The van der Waals surface area contributed by atoms with Gasteiger partial charge in [0.2, 0.25) is 5.88 Å². The lowest BCUT2D eigenvalue weighted by Crippen LogP contribution is -2.56. The summed E-state index contributed by atoms with van der Waals surface area (Å²) < 4.78 is 51.7. The number of alkyl halides is 3. The molecule has 0 amide bonds. The first-order valence-corrected chi connectivity index (χ1v) is 10.5. The number of nitrogens with zero attached hydrogens (tertiary/aromatic N) is 3. The number of halogens is 4. The number of aromatic nitrogens is 3. The summed E-state index contributed by atoms with van der Waals surface area (Å²) in [6.45, 7) is 4.02. The van der Waals surface area contributed by atoms with Crippen molar-refractivity contribution in [2.45, 2.75) is 56.4 Å². The van der Waals surface area contributed by atoms with Crippen LogP contribution in [0, 0.1) is 5.41 Å². The van der Waals surface area contributed by atoms with Gasteiger partial charge in [-0.2, -0.15) is 13.2 Å². The number of ether oxygens (including phenoxy) is 2. The molecule has 14 heteroatoms. The second-order valence-corrected chi connectivity index (χ2v) is 9.52. The van der Waals surface area contributed by atoms with Crippen molar-refractivity contribution in [1.82, 2.24) is 14.8 Å². The molecule has 3 rings (SSSR count). The van der Waals surface area contributed by atoms with Gasteiger partial charge >= 0.3 is 12.1 Å². The minimum Gasteiger partial charge on any atom is -0.471 e. The zero-order valence-corrected chi connectivity index (χ0v) is 19.3. The molecule has 2 heterocycles. The Morgan fingerprint density at radius 1 is 1.21 bits per heavy atom. The van der Waals surface area contributed by atoms with E-state index < -0.39 is 53.6 Å². The number of rotatable bonds is 7. The zero-order chi connectivity index (χ0) is 25.7. The van der Waals surface area contributed by atoms with Crippen LogP contribution in [0.2, 0.25) is 10.4 Å². The predicted molar refractivity (Wildman–Crippen MR) is 116 cm³/mol. The number of hydrogen-bond acceptors (Lipinski definition) is 7. The molecule has 2 aromatic rings. The van der Waals surface area contributed by atoms with Gasteiger partial charge in [-0.1, -0.05) is 11.6 Å². The van der Waals surface area contributed by atoms with Crippen LogP contribution in [0.15, 0.2) is 24.4 Å². The molecule has 1 aliphatic carbocycles. The van der Waals surface area contributed by atoms with Crippen molar-refractivity contribution in [1.29, 1.82) is 0 Å². The number of carbonyl (C=O) groups excluding carboxylic acids is 1. The van der Waals surface area contributed by atoms with Crippen molar-refractivity contribution in [2.24, 2.45) is 5.41 Å². The molecule has 0 aliphatic heterocycles. The first kappa shape index (κ1) is 26.4. The Bertz CT molecular complexity index is 1080. The first-order chi connectivity index (χ1) is 15.4. The number of aliphatic hydroxyl groups is 2. The highest BCUT2D eigenvalue weighted by Gasteiger charge is 2.74. The van der Waals surface area contributed by atoms with Crippen LogP contribution in [-0.2, 0) is 4.74 Å². The minimum atomic E-state index is -4.83. The molecule has 2 aromatic heterocycles. The maximum atomic E-state index is 13.4. The van der Waals surface area contributed by atoms with E-state index in [1.165, 1.54) is 29.1 Å². The van der Waals surface area contributed by atoms with Crippen LogP contribution >= 0.6 is 11.6 Å². The van der Waals surface area contributed by atoms with Gasteiger partial charge in [-0.05, 0) is 51.0 Å². The van der Waals surface area contributed by atoms with E-state index >= 15 is 0 Å². The van der Waals surface area contributed by atoms with Gasteiger partial charge in [-0.15, -0.1) is 5.10 Å². The lowest BCUT2D eigenvalue weighted by atomic mass is 9.42. The van der Waals surface area contributed by atoms with Crippen molar-refractivity contribution in [3.63, 3.8) is 0 Å². The second-order valence-electron chi connectivity index (χ2n) is 9.16. The third-order valence-corrected chi connectivity index (χ3v) is 5.71. The van der Waals surface area contributed by atoms with Crippen molar-refractivity contribution in [2.75, 3.05) is 6.61 Å². The number of hydrogen-bond donors (Lipinski definition) is 2. The van der Waals surface area contributed by atoms with Crippen LogP contribution < -0.4 is 4.74 Å². The summed E-state index contributed by atoms with van der Waals surface area (Å²) in [6.07, 6.45) is -4.33. The topological polar surface area (TPSA) is 107 Å². The summed E-state index contributed by atoms with van der Waals surface area (Å²) in [5.41, 5.74) is -3.33. The van der Waals surface area contributed by atoms with Gasteiger partial charge in [-0.3, -0.25) is 0 Å². The Morgan fingerprint density at radius 3 is 2.32 bits per heavy atom. The van der Waals surface area contributed by atoms with E-state index in [9.17, 15) is 28.2 Å². The number of pyridine rings is 1. The molecule has 8 nitrogen and oxygen atoms in total. The van der Waals surface area contributed by atoms with E-state index in [4.69, 9.17) is 36.8 Å². The minimum absolute atomic E-state index is 0.0372. The van der Waals surface area contributed by atoms with Gasteiger partial charge in [-0.25, -0.2) is 14.5 Å². The SMILES string of the molecule is [B]C([B])(C(O)(O)COc1ccn(-c2ccc(C(=O)OC(C)(C)C)c(Cl)n2)n1)C1(C(F)(F)F)CC1. The molecule has 0 atom stereocenters. The molecular formula is C20H21B2ClF3N3O5. The molecule has 0 unspecified atom stereocenters. The summed E-state index contributed by atoms with van der Waals surface area (Å²) in [5.74, 6) is -3.90. The largest absolute Gasteiger partial charge is 0.471 e. The third-order valence-electron chi connectivity index (χ3n) is 5.42. The maximum absolute atomic E-state index is 13.4. The summed E-state index contributed by atoms with van der Waals surface area (Å²) in [4.78, 5) is 16.3. The highest BCUT2D eigenvalue weighted by molar-refractivity contribution is 6.41. The average Bonchev–Trinajstić information content (AvgIpc) is 3.39. The third kappa shape index (κ3) is 4.92. The van der Waals surface area contributed by atoms with Crippen molar-refractivity contribution < 1.29 is 37.7 Å². The van der Waals surface area contributed by atoms with Crippen molar-refractivity contribution in [3.8, 4) is 11.7 Å². The summed E-state index contributed by atoms with van der Waals surface area (Å²) >= 11 is 6.10. The molecular weight excluding hydrogens is 476 g/mol. The Hall–Kier alpha value is -2.24. The van der Waals surface area contributed by atoms with Gasteiger partial charge in [0.1, 0.15) is 17.4 Å². The highest BCUT2D eigenvalue weighted by atomic mass is 35.5. The summed E-state index contributed by atoms with van der Waals surface area (Å²) in [6, 6.07) is 4.10. The van der Waals surface area contributed by atoms with Crippen LogP contribution in [0.4, 0.5) is 13.2 Å². The quantitative estimate of drug-likeness (QED) is 0.262. The van der Waals surface area contributed by atoms with Gasteiger partial charge in [0.15, 0.2) is 11.6 Å². The molecule has 2 N–H and O–H groups in total. The fourth-order valence-corrected chi connectivity index (χ4v) is 3.51. The molecule has 1 saturated carbocycles. The lowest BCUT2D eigenvalue weighted by molar-refractivity contribution is -0.255. The maximum Gasteiger partial charge on any atom is 0.393 e. The van der Waals surface area contributed by atoms with Gasteiger partial charge < -0.3 is 19.7 Å². The van der Waals surface area contributed by atoms with Crippen molar-refractivity contribution >= 4 is 33.3 Å². The fourth-order valence-electron chi connectivity index (χ4n) is 3.28.